The topological polar surface area (TPSA) is 45.2 Å². The first-order chi connectivity index (χ1) is 12.7. The van der Waals surface area contributed by atoms with Gasteiger partial charge in [-0.1, -0.05) is 42.5 Å². The Bertz CT molecular complexity index is 926. The van der Waals surface area contributed by atoms with Crippen molar-refractivity contribution in [3.8, 4) is 0 Å². The van der Waals surface area contributed by atoms with Crippen molar-refractivity contribution >= 4 is 16.8 Å². The molecule has 0 saturated carbocycles. The third kappa shape index (κ3) is 3.20. The predicted molar refractivity (Wildman–Crippen MR) is 104 cm³/mol. The molecule has 0 bridgehead atoms. The standard InChI is InChI=1S/C22H23N3O/c1-25(15-18-7-4-6-16-8-5-12-24-21(16)18)22(26)20-10-3-2-9-19(20)17-11-13-23-14-17/h2-10,12,17,23H,11,13-15H2,1H3. The fraction of sp³-hybridized carbons (Fsp3) is 0.273. The Hall–Kier alpha value is -2.72. The second-order valence-corrected chi connectivity index (χ2v) is 6.93. The number of rotatable bonds is 4. The fourth-order valence-electron chi connectivity index (χ4n) is 3.80. The number of carbonyl (C=O) groups is 1. The van der Waals surface area contributed by atoms with Gasteiger partial charge in [-0.15, -0.1) is 0 Å². The van der Waals surface area contributed by atoms with E-state index in [0.717, 1.165) is 47.1 Å². The monoisotopic (exact) mass is 345 g/mol. The smallest absolute Gasteiger partial charge is 0.254 e. The number of carbonyl (C=O) groups excluding carboxylic acids is 1. The van der Waals surface area contributed by atoms with Gasteiger partial charge < -0.3 is 10.2 Å². The van der Waals surface area contributed by atoms with E-state index in [-0.39, 0.29) is 5.91 Å². The number of hydrogen-bond acceptors (Lipinski definition) is 3. The molecule has 132 valence electrons. The van der Waals surface area contributed by atoms with Crippen molar-refractivity contribution in [2.45, 2.75) is 18.9 Å². The molecule has 1 saturated heterocycles. The molecule has 1 fully saturated rings. The molecule has 1 unspecified atom stereocenters. The molecule has 1 N–H and O–H groups in total. The molecule has 1 amide bonds. The van der Waals surface area contributed by atoms with Gasteiger partial charge in [-0.3, -0.25) is 9.78 Å². The molecule has 4 rings (SSSR count). The molecule has 0 radical (unpaired) electrons. The first kappa shape index (κ1) is 16.7. The van der Waals surface area contributed by atoms with Crippen molar-refractivity contribution in [2.24, 2.45) is 0 Å². The number of amides is 1. The van der Waals surface area contributed by atoms with E-state index < -0.39 is 0 Å². The molecule has 4 heteroatoms. The van der Waals surface area contributed by atoms with Crippen molar-refractivity contribution in [3.05, 3.63) is 77.5 Å². The Kier molecular flexibility index (Phi) is 4.67. The minimum atomic E-state index is 0.0698. The highest BCUT2D eigenvalue weighted by molar-refractivity contribution is 5.96. The average molecular weight is 345 g/mol. The first-order valence-electron chi connectivity index (χ1n) is 9.12. The highest BCUT2D eigenvalue weighted by Gasteiger charge is 2.23. The Morgan fingerprint density at radius 3 is 2.85 bits per heavy atom. The molecule has 4 nitrogen and oxygen atoms in total. The zero-order valence-corrected chi connectivity index (χ0v) is 15.0. The highest BCUT2D eigenvalue weighted by atomic mass is 16.2. The summed E-state index contributed by atoms with van der Waals surface area (Å²) in [6.07, 6.45) is 2.89. The maximum Gasteiger partial charge on any atom is 0.254 e. The summed E-state index contributed by atoms with van der Waals surface area (Å²) in [7, 11) is 1.87. The minimum Gasteiger partial charge on any atom is -0.337 e. The number of pyridine rings is 1. The number of benzene rings is 2. The minimum absolute atomic E-state index is 0.0698. The van der Waals surface area contributed by atoms with Gasteiger partial charge >= 0.3 is 0 Å². The number of nitrogens with one attached hydrogen (secondary N) is 1. The Morgan fingerprint density at radius 2 is 2.00 bits per heavy atom. The van der Waals surface area contributed by atoms with Crippen LogP contribution < -0.4 is 5.32 Å². The fourth-order valence-corrected chi connectivity index (χ4v) is 3.80. The van der Waals surface area contributed by atoms with Crippen LogP contribution in [0.25, 0.3) is 10.9 Å². The van der Waals surface area contributed by atoms with Gasteiger partial charge in [-0.2, -0.15) is 0 Å². The van der Waals surface area contributed by atoms with Crippen LogP contribution in [-0.4, -0.2) is 35.9 Å². The second-order valence-electron chi connectivity index (χ2n) is 6.93. The van der Waals surface area contributed by atoms with Crippen molar-refractivity contribution < 1.29 is 4.79 Å². The summed E-state index contributed by atoms with van der Waals surface area (Å²) in [5, 5.41) is 4.49. The molecule has 2 heterocycles. The molecule has 1 atom stereocenters. The van der Waals surface area contributed by atoms with Crippen LogP contribution >= 0.6 is 0 Å². The lowest BCUT2D eigenvalue weighted by Crippen LogP contribution is -2.28. The molecule has 3 aromatic rings. The van der Waals surface area contributed by atoms with Crippen molar-refractivity contribution in [1.29, 1.82) is 0 Å². The lowest BCUT2D eigenvalue weighted by molar-refractivity contribution is 0.0784. The van der Waals surface area contributed by atoms with E-state index in [1.165, 1.54) is 0 Å². The lowest BCUT2D eigenvalue weighted by atomic mass is 9.93. The zero-order chi connectivity index (χ0) is 17.9. The normalized spacial score (nSPS) is 16.7. The van der Waals surface area contributed by atoms with Gasteiger partial charge in [0.05, 0.1) is 5.52 Å². The predicted octanol–water partition coefficient (Wildman–Crippen LogP) is 3.58. The second kappa shape index (κ2) is 7.26. The summed E-state index contributed by atoms with van der Waals surface area (Å²) in [6, 6.07) is 18.1. The molecule has 1 aromatic heterocycles. The maximum atomic E-state index is 13.1. The van der Waals surface area contributed by atoms with E-state index in [2.05, 4.69) is 28.5 Å². The van der Waals surface area contributed by atoms with Crippen LogP contribution in [0.1, 0.15) is 33.8 Å². The van der Waals surface area contributed by atoms with Crippen molar-refractivity contribution in [2.75, 3.05) is 20.1 Å². The molecule has 0 spiro atoms. The van der Waals surface area contributed by atoms with Gasteiger partial charge in [0.2, 0.25) is 0 Å². The zero-order valence-electron chi connectivity index (χ0n) is 15.0. The van der Waals surface area contributed by atoms with Crippen LogP contribution in [-0.2, 0) is 6.54 Å². The van der Waals surface area contributed by atoms with E-state index in [9.17, 15) is 4.79 Å². The number of para-hydroxylation sites is 1. The lowest BCUT2D eigenvalue weighted by Gasteiger charge is -2.21. The van der Waals surface area contributed by atoms with Crippen LogP contribution in [0.3, 0.4) is 0 Å². The molecule has 1 aliphatic rings. The Morgan fingerprint density at radius 1 is 1.15 bits per heavy atom. The van der Waals surface area contributed by atoms with E-state index >= 15 is 0 Å². The summed E-state index contributed by atoms with van der Waals surface area (Å²) in [4.78, 5) is 19.4. The molecular formula is C22H23N3O. The van der Waals surface area contributed by atoms with Crippen LogP contribution in [0.4, 0.5) is 0 Å². The van der Waals surface area contributed by atoms with E-state index in [1.54, 1.807) is 11.1 Å². The number of nitrogens with zero attached hydrogens (tertiary/aromatic N) is 2. The van der Waals surface area contributed by atoms with E-state index in [1.807, 2.05) is 43.4 Å². The maximum absolute atomic E-state index is 13.1. The van der Waals surface area contributed by atoms with Gasteiger partial charge in [-0.25, -0.2) is 0 Å². The van der Waals surface area contributed by atoms with Gasteiger partial charge in [0.25, 0.3) is 5.91 Å². The van der Waals surface area contributed by atoms with Gasteiger partial charge in [-0.05, 0) is 42.1 Å². The number of fused-ring (bicyclic) bond motifs is 1. The molecular weight excluding hydrogens is 322 g/mol. The summed E-state index contributed by atoms with van der Waals surface area (Å²) in [6.45, 7) is 2.51. The summed E-state index contributed by atoms with van der Waals surface area (Å²) >= 11 is 0. The number of aromatic nitrogens is 1. The molecule has 26 heavy (non-hydrogen) atoms. The van der Waals surface area contributed by atoms with Crippen molar-refractivity contribution in [1.82, 2.24) is 15.2 Å². The van der Waals surface area contributed by atoms with Crippen LogP contribution in [0.15, 0.2) is 60.8 Å². The van der Waals surface area contributed by atoms with Crippen LogP contribution in [0.2, 0.25) is 0 Å². The highest BCUT2D eigenvalue weighted by Crippen LogP contribution is 2.27. The SMILES string of the molecule is CN(Cc1cccc2cccnc12)C(=O)c1ccccc1C1CCNC1. The summed E-state index contributed by atoms with van der Waals surface area (Å²) < 4.78 is 0. The third-order valence-corrected chi connectivity index (χ3v) is 5.16. The van der Waals surface area contributed by atoms with Gasteiger partial charge in [0, 0.05) is 37.3 Å². The van der Waals surface area contributed by atoms with Gasteiger partial charge in [0.1, 0.15) is 0 Å². The summed E-state index contributed by atoms with van der Waals surface area (Å²) in [5.41, 5.74) is 4.00. The molecule has 1 aliphatic heterocycles. The third-order valence-electron chi connectivity index (χ3n) is 5.16. The number of hydrogen-bond donors (Lipinski definition) is 1. The molecule has 0 aliphatic carbocycles. The summed E-state index contributed by atoms with van der Waals surface area (Å²) in [5.74, 6) is 0.489. The van der Waals surface area contributed by atoms with E-state index in [0.29, 0.717) is 12.5 Å². The van der Waals surface area contributed by atoms with Crippen LogP contribution in [0, 0.1) is 0 Å². The largest absolute Gasteiger partial charge is 0.337 e. The van der Waals surface area contributed by atoms with Gasteiger partial charge in [0.15, 0.2) is 0 Å². The average Bonchev–Trinajstić information content (AvgIpc) is 3.22. The van der Waals surface area contributed by atoms with E-state index in [4.69, 9.17) is 0 Å². The van der Waals surface area contributed by atoms with Crippen LogP contribution in [0.5, 0.6) is 0 Å². The first-order valence-corrected chi connectivity index (χ1v) is 9.12. The Labute approximate surface area is 153 Å². The molecule has 2 aromatic carbocycles. The quantitative estimate of drug-likeness (QED) is 0.786. The van der Waals surface area contributed by atoms with Crippen molar-refractivity contribution in [3.63, 3.8) is 0 Å². The Balaban J connectivity index is 1.61.